The first-order chi connectivity index (χ1) is 14.5. The molecule has 0 aliphatic carbocycles. The summed E-state index contributed by atoms with van der Waals surface area (Å²) in [6.07, 6.45) is 2.59. The third-order valence-corrected chi connectivity index (χ3v) is 5.29. The Bertz CT molecular complexity index is 829. The standard InChI is InChI=1S/C23H29N3O4/c1-29-20-8-10-21(11-9-20)30-16-2-3-22(27)25-18-4-6-19(7-5-18)26-14-12-17(13-15-26)23(24)28/h4-11,17H,2-3,12-16H2,1H3,(H2,24,28)(H,25,27). The smallest absolute Gasteiger partial charge is 0.224 e. The third kappa shape index (κ3) is 6.14. The van der Waals surface area contributed by atoms with Crippen LogP contribution in [-0.2, 0) is 9.59 Å². The molecule has 0 spiro atoms. The van der Waals surface area contributed by atoms with E-state index in [0.717, 1.165) is 48.8 Å². The molecule has 160 valence electrons. The number of methoxy groups -OCH3 is 1. The van der Waals surface area contributed by atoms with Crippen LogP contribution in [-0.4, -0.2) is 38.6 Å². The molecule has 2 amide bonds. The van der Waals surface area contributed by atoms with E-state index in [9.17, 15) is 9.59 Å². The van der Waals surface area contributed by atoms with Crippen LogP contribution in [0.5, 0.6) is 11.5 Å². The summed E-state index contributed by atoms with van der Waals surface area (Å²) in [5, 5.41) is 2.92. The number of ether oxygens (including phenoxy) is 2. The fourth-order valence-electron chi connectivity index (χ4n) is 3.50. The van der Waals surface area contributed by atoms with Crippen LogP contribution in [0.25, 0.3) is 0 Å². The molecule has 1 heterocycles. The van der Waals surface area contributed by atoms with Crippen LogP contribution in [0.1, 0.15) is 25.7 Å². The molecule has 7 nitrogen and oxygen atoms in total. The minimum Gasteiger partial charge on any atom is -0.497 e. The van der Waals surface area contributed by atoms with Crippen molar-refractivity contribution in [2.45, 2.75) is 25.7 Å². The lowest BCUT2D eigenvalue weighted by atomic mass is 9.96. The van der Waals surface area contributed by atoms with E-state index >= 15 is 0 Å². The van der Waals surface area contributed by atoms with E-state index < -0.39 is 0 Å². The number of carbonyl (C=O) groups excluding carboxylic acids is 2. The van der Waals surface area contributed by atoms with Gasteiger partial charge in [-0.15, -0.1) is 0 Å². The van der Waals surface area contributed by atoms with Crippen LogP contribution >= 0.6 is 0 Å². The molecular formula is C23H29N3O4. The number of carbonyl (C=O) groups is 2. The molecule has 3 rings (SSSR count). The Morgan fingerprint density at radius 2 is 1.67 bits per heavy atom. The quantitative estimate of drug-likeness (QED) is 0.618. The molecule has 0 saturated carbocycles. The van der Waals surface area contributed by atoms with Gasteiger partial charge in [0.2, 0.25) is 11.8 Å². The maximum Gasteiger partial charge on any atom is 0.224 e. The van der Waals surface area contributed by atoms with Gasteiger partial charge in [0.05, 0.1) is 13.7 Å². The molecule has 0 radical (unpaired) electrons. The normalized spacial score (nSPS) is 14.2. The fraction of sp³-hybridized carbons (Fsp3) is 0.391. The molecule has 1 aliphatic heterocycles. The second-order valence-corrected chi connectivity index (χ2v) is 7.39. The Morgan fingerprint density at radius 1 is 1.03 bits per heavy atom. The molecule has 0 atom stereocenters. The lowest BCUT2D eigenvalue weighted by molar-refractivity contribution is -0.122. The number of nitrogens with zero attached hydrogens (tertiary/aromatic N) is 1. The highest BCUT2D eigenvalue weighted by Crippen LogP contribution is 2.24. The van der Waals surface area contributed by atoms with E-state index in [2.05, 4.69) is 10.2 Å². The Balaban J connectivity index is 1.37. The van der Waals surface area contributed by atoms with Gasteiger partial charge >= 0.3 is 0 Å². The summed E-state index contributed by atoms with van der Waals surface area (Å²) in [5.41, 5.74) is 7.25. The van der Waals surface area contributed by atoms with Crippen molar-refractivity contribution >= 4 is 23.2 Å². The SMILES string of the molecule is COc1ccc(OCCCC(=O)Nc2ccc(N3CCC(C(N)=O)CC3)cc2)cc1. The monoisotopic (exact) mass is 411 g/mol. The van der Waals surface area contributed by atoms with Crippen molar-refractivity contribution in [3.8, 4) is 11.5 Å². The number of nitrogens with two attached hydrogens (primary N) is 1. The van der Waals surface area contributed by atoms with E-state index in [1.807, 2.05) is 48.5 Å². The first-order valence-electron chi connectivity index (χ1n) is 10.3. The minimum absolute atomic E-state index is 0.0199. The zero-order chi connectivity index (χ0) is 21.3. The maximum absolute atomic E-state index is 12.2. The number of primary amides is 1. The molecule has 1 aliphatic rings. The number of rotatable bonds is 9. The molecule has 0 unspecified atom stereocenters. The van der Waals surface area contributed by atoms with E-state index in [1.165, 1.54) is 0 Å². The first kappa shape index (κ1) is 21.5. The summed E-state index contributed by atoms with van der Waals surface area (Å²) in [6, 6.07) is 15.2. The van der Waals surface area contributed by atoms with Gasteiger partial charge in [0.15, 0.2) is 0 Å². The molecular weight excluding hydrogens is 382 g/mol. The van der Waals surface area contributed by atoms with Crippen molar-refractivity contribution in [1.29, 1.82) is 0 Å². The number of nitrogens with one attached hydrogen (secondary N) is 1. The number of benzene rings is 2. The molecule has 1 fully saturated rings. The predicted octanol–water partition coefficient (Wildman–Crippen LogP) is 3.19. The molecule has 2 aromatic rings. The highest BCUT2D eigenvalue weighted by Gasteiger charge is 2.23. The minimum atomic E-state index is -0.206. The van der Waals surface area contributed by atoms with Gasteiger partial charge in [-0.3, -0.25) is 9.59 Å². The predicted molar refractivity (Wildman–Crippen MR) is 117 cm³/mol. The van der Waals surface area contributed by atoms with Crippen LogP contribution in [0, 0.1) is 5.92 Å². The highest BCUT2D eigenvalue weighted by molar-refractivity contribution is 5.90. The van der Waals surface area contributed by atoms with Crippen molar-refractivity contribution < 1.29 is 19.1 Å². The summed E-state index contributed by atoms with van der Waals surface area (Å²) < 4.78 is 10.8. The number of hydrogen-bond donors (Lipinski definition) is 2. The summed E-state index contributed by atoms with van der Waals surface area (Å²) in [6.45, 7) is 2.10. The Hall–Kier alpha value is -3.22. The molecule has 3 N–H and O–H groups in total. The van der Waals surface area contributed by atoms with Crippen LogP contribution in [0.15, 0.2) is 48.5 Å². The van der Waals surface area contributed by atoms with E-state index in [0.29, 0.717) is 19.4 Å². The summed E-state index contributed by atoms with van der Waals surface area (Å²) >= 11 is 0. The van der Waals surface area contributed by atoms with Gasteiger partial charge < -0.3 is 25.4 Å². The first-order valence-corrected chi connectivity index (χ1v) is 10.3. The van der Waals surface area contributed by atoms with Crippen molar-refractivity contribution in [3.63, 3.8) is 0 Å². The largest absolute Gasteiger partial charge is 0.497 e. The molecule has 1 saturated heterocycles. The van der Waals surface area contributed by atoms with Crippen molar-refractivity contribution in [2.75, 3.05) is 37.0 Å². The Morgan fingerprint density at radius 3 is 2.27 bits per heavy atom. The Kier molecular flexibility index (Phi) is 7.54. The summed E-state index contributed by atoms with van der Waals surface area (Å²) in [5.74, 6) is 1.27. The van der Waals surface area contributed by atoms with E-state index in [-0.39, 0.29) is 17.7 Å². The molecule has 0 bridgehead atoms. The summed E-state index contributed by atoms with van der Waals surface area (Å²) in [7, 11) is 1.62. The number of amides is 2. The lowest BCUT2D eigenvalue weighted by Gasteiger charge is -2.32. The molecule has 0 aromatic heterocycles. The fourth-order valence-corrected chi connectivity index (χ4v) is 3.50. The van der Waals surface area contributed by atoms with Gasteiger partial charge in [0.1, 0.15) is 11.5 Å². The van der Waals surface area contributed by atoms with E-state index in [4.69, 9.17) is 15.2 Å². The highest BCUT2D eigenvalue weighted by atomic mass is 16.5. The van der Waals surface area contributed by atoms with Crippen molar-refractivity contribution in [1.82, 2.24) is 0 Å². The van der Waals surface area contributed by atoms with Crippen LogP contribution < -0.4 is 25.4 Å². The van der Waals surface area contributed by atoms with Gasteiger partial charge in [-0.1, -0.05) is 0 Å². The number of hydrogen-bond acceptors (Lipinski definition) is 5. The lowest BCUT2D eigenvalue weighted by Crippen LogP contribution is -2.38. The second-order valence-electron chi connectivity index (χ2n) is 7.39. The third-order valence-electron chi connectivity index (χ3n) is 5.29. The molecule has 2 aromatic carbocycles. The number of anilines is 2. The van der Waals surface area contributed by atoms with Gasteiger partial charge in [-0.05, 0) is 67.8 Å². The zero-order valence-electron chi connectivity index (χ0n) is 17.3. The van der Waals surface area contributed by atoms with Gasteiger partial charge in [-0.25, -0.2) is 0 Å². The van der Waals surface area contributed by atoms with E-state index in [1.54, 1.807) is 7.11 Å². The topological polar surface area (TPSA) is 93.9 Å². The Labute approximate surface area is 177 Å². The van der Waals surface area contributed by atoms with Gasteiger partial charge in [0, 0.05) is 36.8 Å². The van der Waals surface area contributed by atoms with Crippen LogP contribution in [0.3, 0.4) is 0 Å². The van der Waals surface area contributed by atoms with Crippen LogP contribution in [0.4, 0.5) is 11.4 Å². The average molecular weight is 412 g/mol. The zero-order valence-corrected chi connectivity index (χ0v) is 17.3. The summed E-state index contributed by atoms with van der Waals surface area (Å²) in [4.78, 5) is 25.7. The molecule has 7 heteroatoms. The molecule has 30 heavy (non-hydrogen) atoms. The van der Waals surface area contributed by atoms with Gasteiger partial charge in [-0.2, -0.15) is 0 Å². The average Bonchev–Trinajstić information content (AvgIpc) is 2.78. The van der Waals surface area contributed by atoms with Crippen molar-refractivity contribution in [3.05, 3.63) is 48.5 Å². The second kappa shape index (κ2) is 10.5. The maximum atomic E-state index is 12.2. The van der Waals surface area contributed by atoms with Crippen LogP contribution in [0.2, 0.25) is 0 Å². The number of piperidine rings is 1. The van der Waals surface area contributed by atoms with Crippen molar-refractivity contribution in [2.24, 2.45) is 11.7 Å². The van der Waals surface area contributed by atoms with Gasteiger partial charge in [0.25, 0.3) is 0 Å².